The van der Waals surface area contributed by atoms with E-state index < -0.39 is 64.5 Å². The number of phenolic OH excluding ortho intramolecular Hbond substituents is 6. The second-order valence-electron chi connectivity index (χ2n) is 12.8. The largest absolute Gasteiger partial charge is 0.507 e. The summed E-state index contributed by atoms with van der Waals surface area (Å²) < 4.78 is 12.6. The monoisotopic (exact) mass is 648 g/mol. The Morgan fingerprint density at radius 3 is 2.11 bits per heavy atom. The Morgan fingerprint density at radius 2 is 1.40 bits per heavy atom. The third-order valence-corrected chi connectivity index (χ3v) is 9.40. The number of aliphatic hydroxyl groups is 4. The van der Waals surface area contributed by atoms with Crippen molar-refractivity contribution in [3.63, 3.8) is 0 Å². The van der Waals surface area contributed by atoms with Gasteiger partial charge in [0.15, 0.2) is 29.1 Å². The van der Waals surface area contributed by atoms with Gasteiger partial charge in [0.05, 0.1) is 6.10 Å². The highest BCUT2D eigenvalue weighted by molar-refractivity contribution is 5.65. The highest BCUT2D eigenvalue weighted by Gasteiger charge is 2.52. The molecular weight excluding hydrogens is 612 g/mol. The van der Waals surface area contributed by atoms with Crippen molar-refractivity contribution in [2.45, 2.75) is 69.4 Å². The summed E-state index contributed by atoms with van der Waals surface area (Å²) in [6.45, 7) is 4.92. The molecule has 3 aliphatic rings. The van der Waals surface area contributed by atoms with Crippen molar-refractivity contribution >= 4 is 0 Å². The quantitative estimate of drug-likeness (QED) is 0.175. The third-order valence-electron chi connectivity index (χ3n) is 9.40. The fraction of sp³-hybridized carbons (Fsp3) is 0.314. The van der Waals surface area contributed by atoms with Crippen molar-refractivity contribution in [1.82, 2.24) is 0 Å². The van der Waals surface area contributed by atoms with Gasteiger partial charge in [0.1, 0.15) is 46.7 Å². The molecule has 3 aromatic rings. The lowest BCUT2D eigenvalue weighted by Gasteiger charge is -2.46. The normalized spacial score (nSPS) is 24.0. The predicted molar refractivity (Wildman–Crippen MR) is 167 cm³/mol. The maximum Gasteiger partial charge on any atom is 0.157 e. The summed E-state index contributed by atoms with van der Waals surface area (Å²) in [6, 6.07) is 6.13. The molecule has 6 rings (SSSR count). The summed E-state index contributed by atoms with van der Waals surface area (Å²) >= 11 is 0. The molecule has 0 spiro atoms. The second kappa shape index (κ2) is 11.2. The van der Waals surface area contributed by atoms with E-state index in [0.29, 0.717) is 5.57 Å². The van der Waals surface area contributed by atoms with E-state index in [1.807, 2.05) is 0 Å². The van der Waals surface area contributed by atoms with E-state index in [-0.39, 0.29) is 69.4 Å². The molecule has 0 aromatic heterocycles. The molecule has 0 amide bonds. The zero-order valence-corrected chi connectivity index (χ0v) is 25.7. The van der Waals surface area contributed by atoms with E-state index in [9.17, 15) is 51.1 Å². The van der Waals surface area contributed by atoms with Gasteiger partial charge in [0.25, 0.3) is 0 Å². The van der Waals surface area contributed by atoms with E-state index >= 15 is 0 Å². The topological polar surface area (TPSA) is 221 Å². The molecule has 0 saturated carbocycles. The molecule has 5 atom stereocenters. The SMILES string of the molecule is Cc1c(O)cc(O)c2c1OC(c1ccc(O)c(O)c1)C(O)C2C(C)(C)c1c(O)cc(O)c2c1OC(C1=CC(O)=C(O)C=CC1)C(O)C2. The second-order valence-corrected chi connectivity index (χ2v) is 12.8. The Hall–Kier alpha value is -5.20. The zero-order valence-electron chi connectivity index (χ0n) is 25.7. The standard InChI is InChI=1S/C35H36O12/c1-14-20(38)12-24(42)27-29(30(45)33(46-31(14)27)16-7-8-19(37)23(41)10-16)35(2,3)28-25(43)13-21(39)17-11-26(44)32(47-34(17)28)15-5-4-6-18(36)22(40)9-15/h4,6-10,12-13,26,29-30,32-33,36-45H,5,11H2,1-3H3. The minimum atomic E-state index is -1.48. The molecule has 248 valence electrons. The first kappa shape index (κ1) is 31.8. The number of aliphatic hydroxyl groups excluding tert-OH is 4. The summed E-state index contributed by atoms with van der Waals surface area (Å²) in [5.74, 6) is -4.13. The smallest absolute Gasteiger partial charge is 0.157 e. The number of allylic oxidation sites excluding steroid dienone is 3. The van der Waals surface area contributed by atoms with Crippen LogP contribution in [0.15, 0.2) is 65.7 Å². The number of benzene rings is 3. The molecule has 3 aromatic carbocycles. The maximum atomic E-state index is 12.1. The van der Waals surface area contributed by atoms with Gasteiger partial charge in [0.2, 0.25) is 0 Å². The minimum Gasteiger partial charge on any atom is -0.507 e. The predicted octanol–water partition coefficient (Wildman–Crippen LogP) is 4.66. The molecule has 0 bridgehead atoms. The average Bonchev–Trinajstić information content (AvgIpc) is 3.16. The first-order valence-electron chi connectivity index (χ1n) is 15.0. The van der Waals surface area contributed by atoms with Crippen LogP contribution in [0, 0.1) is 6.92 Å². The number of hydrogen-bond acceptors (Lipinski definition) is 12. The van der Waals surface area contributed by atoms with Crippen LogP contribution in [0.1, 0.15) is 60.1 Å². The van der Waals surface area contributed by atoms with Gasteiger partial charge in [-0.2, -0.15) is 0 Å². The minimum absolute atomic E-state index is 0.0127. The van der Waals surface area contributed by atoms with Crippen molar-refractivity contribution in [2.24, 2.45) is 0 Å². The Morgan fingerprint density at radius 1 is 0.723 bits per heavy atom. The van der Waals surface area contributed by atoms with Crippen LogP contribution in [0.4, 0.5) is 0 Å². The average molecular weight is 649 g/mol. The number of phenols is 6. The van der Waals surface area contributed by atoms with Crippen molar-refractivity contribution in [2.75, 3.05) is 0 Å². The van der Waals surface area contributed by atoms with Crippen molar-refractivity contribution in [3.05, 3.63) is 93.5 Å². The highest BCUT2D eigenvalue weighted by atomic mass is 16.5. The van der Waals surface area contributed by atoms with Crippen LogP contribution >= 0.6 is 0 Å². The van der Waals surface area contributed by atoms with Crippen LogP contribution in [0.5, 0.6) is 46.0 Å². The van der Waals surface area contributed by atoms with Gasteiger partial charge >= 0.3 is 0 Å². The molecule has 0 fully saturated rings. The summed E-state index contributed by atoms with van der Waals surface area (Å²) in [5, 5.41) is 108. The van der Waals surface area contributed by atoms with Crippen LogP contribution in [-0.4, -0.2) is 69.4 Å². The lowest BCUT2D eigenvalue weighted by molar-refractivity contribution is -0.0200. The van der Waals surface area contributed by atoms with E-state index in [4.69, 9.17) is 9.47 Å². The van der Waals surface area contributed by atoms with Gasteiger partial charge in [-0.3, -0.25) is 0 Å². The van der Waals surface area contributed by atoms with Crippen molar-refractivity contribution < 1.29 is 60.5 Å². The van der Waals surface area contributed by atoms with Crippen molar-refractivity contribution in [1.29, 1.82) is 0 Å². The number of hydrogen-bond donors (Lipinski definition) is 10. The lowest BCUT2D eigenvalue weighted by Crippen LogP contribution is -2.45. The third kappa shape index (κ3) is 5.09. The van der Waals surface area contributed by atoms with E-state index in [1.165, 1.54) is 30.4 Å². The van der Waals surface area contributed by atoms with Gasteiger partial charge in [-0.05, 0) is 48.8 Å². The summed E-state index contributed by atoms with van der Waals surface area (Å²) in [6.07, 6.45) is -0.705. The summed E-state index contributed by atoms with van der Waals surface area (Å²) in [5.41, 5.74) is -0.0451. The van der Waals surface area contributed by atoms with E-state index in [2.05, 4.69) is 0 Å². The zero-order chi connectivity index (χ0) is 34.1. The van der Waals surface area contributed by atoms with Crippen LogP contribution in [0.2, 0.25) is 0 Å². The first-order chi connectivity index (χ1) is 22.1. The van der Waals surface area contributed by atoms with Gasteiger partial charge < -0.3 is 60.5 Å². The molecular formula is C35H36O12. The van der Waals surface area contributed by atoms with Crippen LogP contribution < -0.4 is 9.47 Å². The number of fused-ring (bicyclic) bond motifs is 2. The highest BCUT2D eigenvalue weighted by Crippen LogP contribution is 2.60. The fourth-order valence-corrected chi connectivity index (χ4v) is 7.04. The molecule has 2 aliphatic heterocycles. The number of aromatic hydroxyl groups is 6. The van der Waals surface area contributed by atoms with Crippen LogP contribution in [-0.2, 0) is 11.8 Å². The van der Waals surface area contributed by atoms with Gasteiger partial charge in [-0.1, -0.05) is 26.0 Å². The number of rotatable bonds is 4. The van der Waals surface area contributed by atoms with Gasteiger partial charge in [-0.15, -0.1) is 0 Å². The summed E-state index contributed by atoms with van der Waals surface area (Å²) in [7, 11) is 0. The molecule has 12 heteroatoms. The Labute approximate surface area is 269 Å². The van der Waals surface area contributed by atoms with E-state index in [0.717, 1.165) is 12.1 Å². The Bertz CT molecular complexity index is 1870. The number of ether oxygens (including phenoxy) is 2. The molecule has 0 radical (unpaired) electrons. The Kier molecular flexibility index (Phi) is 7.60. The molecule has 1 aliphatic carbocycles. The molecule has 12 nitrogen and oxygen atoms in total. The van der Waals surface area contributed by atoms with Gasteiger partial charge in [0, 0.05) is 52.1 Å². The molecule has 5 unspecified atom stereocenters. The Balaban J connectivity index is 1.54. The lowest BCUT2D eigenvalue weighted by atomic mass is 9.64. The summed E-state index contributed by atoms with van der Waals surface area (Å²) in [4.78, 5) is 0. The first-order valence-corrected chi connectivity index (χ1v) is 15.0. The molecule has 10 N–H and O–H groups in total. The fourth-order valence-electron chi connectivity index (χ4n) is 7.04. The van der Waals surface area contributed by atoms with E-state index in [1.54, 1.807) is 26.8 Å². The molecule has 0 saturated heterocycles. The molecule has 2 heterocycles. The van der Waals surface area contributed by atoms with Crippen LogP contribution in [0.25, 0.3) is 0 Å². The van der Waals surface area contributed by atoms with Gasteiger partial charge in [-0.25, -0.2) is 0 Å². The van der Waals surface area contributed by atoms with Crippen LogP contribution in [0.3, 0.4) is 0 Å². The molecule has 47 heavy (non-hydrogen) atoms. The maximum absolute atomic E-state index is 12.1. The van der Waals surface area contributed by atoms with Crippen molar-refractivity contribution in [3.8, 4) is 46.0 Å².